The highest BCUT2D eigenvalue weighted by Gasteiger charge is 2.11. The molecule has 1 aromatic carbocycles. The number of hydrogen-bond acceptors (Lipinski definition) is 4. The Balaban J connectivity index is 2.92. The normalized spacial score (nSPS) is 10.8. The van der Waals surface area contributed by atoms with Gasteiger partial charge in [0.05, 0.1) is 14.2 Å². The molecule has 108 valence electrons. The minimum atomic E-state index is 0.572. The van der Waals surface area contributed by atoms with Gasteiger partial charge in [-0.2, -0.15) is 0 Å². The van der Waals surface area contributed by atoms with Crippen molar-refractivity contribution in [2.24, 2.45) is 0 Å². The van der Waals surface area contributed by atoms with E-state index in [0.717, 1.165) is 30.9 Å². The molecule has 0 aromatic heterocycles. The van der Waals surface area contributed by atoms with Crippen molar-refractivity contribution in [2.45, 2.75) is 44.2 Å². The summed E-state index contributed by atoms with van der Waals surface area (Å²) in [5.74, 6) is 1.58. The van der Waals surface area contributed by atoms with Gasteiger partial charge in [-0.1, -0.05) is 13.8 Å². The molecule has 0 unspecified atom stereocenters. The third kappa shape index (κ3) is 4.32. The summed E-state index contributed by atoms with van der Waals surface area (Å²) in [4.78, 5) is 1.23. The minimum Gasteiger partial charge on any atom is -0.493 e. The molecule has 4 heteroatoms. The molecule has 0 amide bonds. The second kappa shape index (κ2) is 8.33. The van der Waals surface area contributed by atoms with Crippen LogP contribution in [0, 0.1) is 0 Å². The van der Waals surface area contributed by atoms with Gasteiger partial charge in [0.2, 0.25) is 0 Å². The summed E-state index contributed by atoms with van der Waals surface area (Å²) in [6, 6.07) is 4.69. The molecule has 1 rings (SSSR count). The molecule has 19 heavy (non-hydrogen) atoms. The Morgan fingerprint density at radius 2 is 1.68 bits per heavy atom. The fraction of sp³-hybridized carbons (Fsp3) is 0.600. The Morgan fingerprint density at radius 3 is 2.16 bits per heavy atom. The van der Waals surface area contributed by atoms with Crippen molar-refractivity contribution in [3.63, 3.8) is 0 Å². The van der Waals surface area contributed by atoms with Gasteiger partial charge >= 0.3 is 0 Å². The summed E-state index contributed by atoms with van der Waals surface area (Å²) in [6.45, 7) is 5.29. The lowest BCUT2D eigenvalue weighted by molar-refractivity contribution is 0.353. The highest BCUT2D eigenvalue weighted by atomic mass is 32.2. The first-order chi connectivity index (χ1) is 9.19. The Kier molecular flexibility index (Phi) is 7.10. The van der Waals surface area contributed by atoms with Crippen LogP contribution in [0.4, 0.5) is 0 Å². The number of ether oxygens (including phenoxy) is 2. The van der Waals surface area contributed by atoms with E-state index in [9.17, 15) is 0 Å². The maximum Gasteiger partial charge on any atom is 0.161 e. The fourth-order valence-electron chi connectivity index (χ4n) is 2.06. The largest absolute Gasteiger partial charge is 0.493 e. The van der Waals surface area contributed by atoms with Crippen LogP contribution in [-0.2, 0) is 6.54 Å². The van der Waals surface area contributed by atoms with Gasteiger partial charge in [0.1, 0.15) is 0 Å². The van der Waals surface area contributed by atoms with Crippen LogP contribution in [0.2, 0.25) is 0 Å². The molecule has 0 saturated heterocycles. The maximum atomic E-state index is 5.37. The number of rotatable bonds is 8. The van der Waals surface area contributed by atoms with E-state index in [1.165, 1.54) is 10.5 Å². The Morgan fingerprint density at radius 1 is 1.11 bits per heavy atom. The third-order valence-corrected chi connectivity index (χ3v) is 4.17. The summed E-state index contributed by atoms with van der Waals surface area (Å²) >= 11 is 1.74. The van der Waals surface area contributed by atoms with Crippen LogP contribution in [-0.4, -0.2) is 26.5 Å². The lowest BCUT2D eigenvalue weighted by Gasteiger charge is -2.18. The van der Waals surface area contributed by atoms with Crippen molar-refractivity contribution in [1.82, 2.24) is 5.32 Å². The molecule has 0 radical (unpaired) electrons. The van der Waals surface area contributed by atoms with Crippen molar-refractivity contribution in [3.05, 3.63) is 17.7 Å². The predicted molar refractivity (Wildman–Crippen MR) is 82.5 cm³/mol. The summed E-state index contributed by atoms with van der Waals surface area (Å²) in [5, 5.41) is 3.59. The van der Waals surface area contributed by atoms with E-state index in [0.29, 0.717) is 6.04 Å². The zero-order valence-corrected chi connectivity index (χ0v) is 13.4. The molecule has 1 aromatic rings. The average molecular weight is 283 g/mol. The first-order valence-corrected chi connectivity index (χ1v) is 7.94. The van der Waals surface area contributed by atoms with E-state index in [1.54, 1.807) is 26.0 Å². The van der Waals surface area contributed by atoms with Gasteiger partial charge < -0.3 is 14.8 Å². The molecule has 0 heterocycles. The molecule has 0 spiro atoms. The molecule has 0 aliphatic rings. The van der Waals surface area contributed by atoms with Crippen molar-refractivity contribution in [2.75, 3.05) is 20.5 Å². The van der Waals surface area contributed by atoms with Crippen LogP contribution in [0.1, 0.15) is 32.3 Å². The highest BCUT2D eigenvalue weighted by Crippen LogP contribution is 2.34. The monoisotopic (exact) mass is 283 g/mol. The van der Waals surface area contributed by atoms with E-state index in [4.69, 9.17) is 9.47 Å². The summed E-state index contributed by atoms with van der Waals surface area (Å²) in [5.41, 5.74) is 1.26. The van der Waals surface area contributed by atoms with Crippen molar-refractivity contribution < 1.29 is 9.47 Å². The smallest absolute Gasteiger partial charge is 0.161 e. The van der Waals surface area contributed by atoms with Crippen molar-refractivity contribution in [1.29, 1.82) is 0 Å². The molecule has 0 atom stereocenters. The topological polar surface area (TPSA) is 30.5 Å². The van der Waals surface area contributed by atoms with Gasteiger partial charge in [-0.3, -0.25) is 0 Å². The lowest BCUT2D eigenvalue weighted by Crippen LogP contribution is -2.27. The van der Waals surface area contributed by atoms with Crippen LogP contribution in [0.3, 0.4) is 0 Å². The summed E-state index contributed by atoms with van der Waals surface area (Å²) in [6.07, 6.45) is 4.39. The molecular weight excluding hydrogens is 258 g/mol. The molecule has 0 bridgehead atoms. The molecule has 0 fully saturated rings. The first-order valence-electron chi connectivity index (χ1n) is 6.72. The Hall–Kier alpha value is -0.870. The number of thioether (sulfide) groups is 1. The summed E-state index contributed by atoms with van der Waals surface area (Å²) in [7, 11) is 3.35. The van der Waals surface area contributed by atoms with Gasteiger partial charge in [-0.25, -0.2) is 0 Å². The maximum absolute atomic E-state index is 5.37. The fourth-order valence-corrected chi connectivity index (χ4v) is 2.68. The number of methoxy groups -OCH3 is 2. The lowest BCUT2D eigenvalue weighted by atomic mass is 10.1. The van der Waals surface area contributed by atoms with E-state index in [2.05, 4.69) is 31.5 Å². The summed E-state index contributed by atoms with van der Waals surface area (Å²) < 4.78 is 10.7. The molecule has 1 N–H and O–H groups in total. The average Bonchev–Trinajstić information content (AvgIpc) is 2.47. The van der Waals surface area contributed by atoms with Crippen LogP contribution in [0.15, 0.2) is 17.0 Å². The zero-order chi connectivity index (χ0) is 14.3. The Bertz CT molecular complexity index is 392. The highest BCUT2D eigenvalue weighted by molar-refractivity contribution is 7.98. The van der Waals surface area contributed by atoms with Crippen molar-refractivity contribution >= 4 is 11.8 Å². The van der Waals surface area contributed by atoms with Crippen LogP contribution >= 0.6 is 11.8 Å². The molecule has 0 aliphatic carbocycles. The van der Waals surface area contributed by atoms with Crippen LogP contribution in [0.5, 0.6) is 11.5 Å². The van der Waals surface area contributed by atoms with E-state index < -0.39 is 0 Å². The standard InChI is InChI=1S/C15H25NO2S/c1-6-12(7-2)16-10-11-8-13(17-3)14(18-4)9-15(11)19-5/h8-9,12,16H,6-7,10H2,1-5H3. The van der Waals surface area contributed by atoms with Gasteiger partial charge in [0, 0.05) is 17.5 Å². The van der Waals surface area contributed by atoms with Gasteiger partial charge in [-0.05, 0) is 36.8 Å². The van der Waals surface area contributed by atoms with E-state index in [-0.39, 0.29) is 0 Å². The van der Waals surface area contributed by atoms with E-state index in [1.807, 2.05) is 6.07 Å². The zero-order valence-electron chi connectivity index (χ0n) is 12.6. The number of benzene rings is 1. The van der Waals surface area contributed by atoms with Crippen molar-refractivity contribution in [3.8, 4) is 11.5 Å². The van der Waals surface area contributed by atoms with Gasteiger partial charge in [0.25, 0.3) is 0 Å². The quantitative estimate of drug-likeness (QED) is 0.737. The number of nitrogens with one attached hydrogen (secondary N) is 1. The predicted octanol–water partition coefficient (Wildman–Crippen LogP) is 3.70. The SMILES string of the molecule is CCC(CC)NCc1cc(OC)c(OC)cc1SC. The Labute approximate surface area is 121 Å². The van der Waals surface area contributed by atoms with Crippen LogP contribution in [0.25, 0.3) is 0 Å². The van der Waals surface area contributed by atoms with Gasteiger partial charge in [0.15, 0.2) is 11.5 Å². The molecular formula is C15H25NO2S. The third-order valence-electron chi connectivity index (χ3n) is 3.35. The number of hydrogen-bond donors (Lipinski definition) is 1. The molecule has 0 aliphatic heterocycles. The first kappa shape index (κ1) is 16.2. The van der Waals surface area contributed by atoms with Gasteiger partial charge in [-0.15, -0.1) is 11.8 Å². The molecule has 0 saturated carbocycles. The second-order valence-corrected chi connectivity index (χ2v) is 5.26. The second-order valence-electron chi connectivity index (χ2n) is 4.41. The minimum absolute atomic E-state index is 0.572. The van der Waals surface area contributed by atoms with E-state index >= 15 is 0 Å². The van der Waals surface area contributed by atoms with Crippen LogP contribution < -0.4 is 14.8 Å². The molecule has 3 nitrogen and oxygen atoms in total.